The summed E-state index contributed by atoms with van der Waals surface area (Å²) in [5, 5.41) is 10.5. The smallest absolute Gasteiger partial charge is 0.247 e. The lowest BCUT2D eigenvalue weighted by Crippen LogP contribution is -2.28. The number of hydrogen-bond donors (Lipinski definition) is 3. The number of carbonyl (C=O) groups excluding carboxylic acids is 1. The van der Waals surface area contributed by atoms with Gasteiger partial charge in [-0.3, -0.25) is 9.48 Å². The number of nitrogens with one attached hydrogen (secondary N) is 2. The van der Waals surface area contributed by atoms with Crippen LogP contribution in [0.3, 0.4) is 0 Å². The molecular weight excluding hydrogens is 266 g/mol. The second-order valence-electron chi connectivity index (χ2n) is 5.21. The highest BCUT2D eigenvalue weighted by atomic mass is 16.2. The van der Waals surface area contributed by atoms with Gasteiger partial charge in [0.2, 0.25) is 5.91 Å². The highest BCUT2D eigenvalue weighted by molar-refractivity contribution is 5.94. The number of anilines is 1. The van der Waals surface area contributed by atoms with Gasteiger partial charge in [0.05, 0.1) is 6.04 Å². The van der Waals surface area contributed by atoms with Gasteiger partial charge in [0, 0.05) is 18.8 Å². The van der Waals surface area contributed by atoms with E-state index in [-0.39, 0.29) is 5.91 Å². The largest absolute Gasteiger partial charge is 0.316 e. The lowest BCUT2D eigenvalue weighted by Gasteiger charge is -2.11. The van der Waals surface area contributed by atoms with Crippen molar-refractivity contribution in [3.05, 3.63) is 48.2 Å². The molecule has 2 aromatic rings. The number of rotatable bonds is 4. The molecule has 3 rings (SSSR count). The van der Waals surface area contributed by atoms with Gasteiger partial charge in [-0.05, 0) is 18.5 Å². The standard InChI is InChI=1S/C15H19N5O/c16-14(11-4-2-1-3-5-11)15(21)18-13-7-9-20(19-13)12-6-8-17-10-12/h1-5,7,9,12,14,17H,6,8,10,16H2,(H,18,19,21)/t12-,14+/m0/s1. The van der Waals surface area contributed by atoms with Crippen LogP contribution in [0.4, 0.5) is 5.82 Å². The van der Waals surface area contributed by atoms with E-state index in [1.165, 1.54) is 0 Å². The monoisotopic (exact) mass is 285 g/mol. The molecule has 1 aliphatic heterocycles. The maximum absolute atomic E-state index is 12.1. The summed E-state index contributed by atoms with van der Waals surface area (Å²) < 4.78 is 1.89. The van der Waals surface area contributed by atoms with Gasteiger partial charge in [-0.2, -0.15) is 5.10 Å². The van der Waals surface area contributed by atoms with Crippen molar-refractivity contribution in [1.29, 1.82) is 0 Å². The number of benzene rings is 1. The minimum absolute atomic E-state index is 0.254. The Hall–Kier alpha value is -2.18. The second kappa shape index (κ2) is 6.07. The van der Waals surface area contributed by atoms with Crippen molar-refractivity contribution in [2.24, 2.45) is 5.73 Å². The molecule has 1 amide bonds. The fourth-order valence-corrected chi connectivity index (χ4v) is 2.49. The quantitative estimate of drug-likeness (QED) is 0.784. The van der Waals surface area contributed by atoms with E-state index in [1.54, 1.807) is 6.07 Å². The van der Waals surface area contributed by atoms with Crippen molar-refractivity contribution in [2.45, 2.75) is 18.5 Å². The zero-order chi connectivity index (χ0) is 14.7. The molecule has 0 saturated carbocycles. The number of carbonyl (C=O) groups is 1. The number of amides is 1. The first-order valence-electron chi connectivity index (χ1n) is 7.11. The highest BCUT2D eigenvalue weighted by Gasteiger charge is 2.19. The molecule has 1 aliphatic rings. The maximum atomic E-state index is 12.1. The molecule has 21 heavy (non-hydrogen) atoms. The summed E-state index contributed by atoms with van der Waals surface area (Å²) in [4.78, 5) is 12.1. The molecule has 1 saturated heterocycles. The topological polar surface area (TPSA) is 85.0 Å². The molecule has 1 aromatic carbocycles. The van der Waals surface area contributed by atoms with Crippen molar-refractivity contribution in [1.82, 2.24) is 15.1 Å². The maximum Gasteiger partial charge on any atom is 0.247 e. The van der Waals surface area contributed by atoms with Crippen LogP contribution in [0.5, 0.6) is 0 Å². The van der Waals surface area contributed by atoms with Crippen LogP contribution in [-0.2, 0) is 4.79 Å². The predicted molar refractivity (Wildman–Crippen MR) is 80.8 cm³/mol. The van der Waals surface area contributed by atoms with Crippen LogP contribution in [0.15, 0.2) is 42.6 Å². The summed E-state index contributed by atoms with van der Waals surface area (Å²) in [5.74, 6) is 0.286. The van der Waals surface area contributed by atoms with Gasteiger partial charge in [0.25, 0.3) is 0 Å². The SMILES string of the molecule is N[C@@H](C(=O)Nc1ccn([C@H]2CCNC2)n1)c1ccccc1. The van der Waals surface area contributed by atoms with E-state index in [0.29, 0.717) is 11.9 Å². The van der Waals surface area contributed by atoms with E-state index >= 15 is 0 Å². The van der Waals surface area contributed by atoms with Gasteiger partial charge in [-0.25, -0.2) is 0 Å². The molecule has 1 aromatic heterocycles. The minimum atomic E-state index is -0.690. The Morgan fingerprint density at radius 3 is 2.90 bits per heavy atom. The van der Waals surface area contributed by atoms with Crippen molar-refractivity contribution >= 4 is 11.7 Å². The first-order valence-corrected chi connectivity index (χ1v) is 7.11. The van der Waals surface area contributed by atoms with Gasteiger partial charge in [0.1, 0.15) is 6.04 Å². The third kappa shape index (κ3) is 3.12. The van der Waals surface area contributed by atoms with Crippen LogP contribution in [0.25, 0.3) is 0 Å². The fourth-order valence-electron chi connectivity index (χ4n) is 2.49. The van der Waals surface area contributed by atoms with Gasteiger partial charge in [-0.1, -0.05) is 30.3 Å². The third-order valence-electron chi connectivity index (χ3n) is 3.71. The van der Waals surface area contributed by atoms with Crippen LogP contribution in [0.2, 0.25) is 0 Å². The molecule has 0 radical (unpaired) electrons. The van der Waals surface area contributed by atoms with E-state index in [4.69, 9.17) is 5.73 Å². The van der Waals surface area contributed by atoms with Gasteiger partial charge in [-0.15, -0.1) is 0 Å². The van der Waals surface area contributed by atoms with Gasteiger partial charge in [0.15, 0.2) is 5.82 Å². The molecule has 0 bridgehead atoms. The van der Waals surface area contributed by atoms with E-state index in [0.717, 1.165) is 25.1 Å². The average molecular weight is 285 g/mol. The molecule has 2 heterocycles. The van der Waals surface area contributed by atoms with Crippen LogP contribution in [-0.4, -0.2) is 28.8 Å². The van der Waals surface area contributed by atoms with Crippen molar-refractivity contribution in [3.8, 4) is 0 Å². The Labute approximate surface area is 123 Å². The Morgan fingerprint density at radius 2 is 2.19 bits per heavy atom. The zero-order valence-corrected chi connectivity index (χ0v) is 11.7. The van der Waals surface area contributed by atoms with E-state index in [1.807, 2.05) is 41.2 Å². The summed E-state index contributed by atoms with van der Waals surface area (Å²) in [5.41, 5.74) is 6.75. The van der Waals surface area contributed by atoms with Crippen molar-refractivity contribution in [3.63, 3.8) is 0 Å². The lowest BCUT2D eigenvalue weighted by atomic mass is 10.1. The molecule has 6 nitrogen and oxygen atoms in total. The second-order valence-corrected chi connectivity index (χ2v) is 5.21. The molecular formula is C15H19N5O. The Balaban J connectivity index is 1.64. The first kappa shape index (κ1) is 13.8. The lowest BCUT2D eigenvalue weighted by molar-refractivity contribution is -0.117. The average Bonchev–Trinajstić information content (AvgIpc) is 3.18. The van der Waals surface area contributed by atoms with Crippen LogP contribution >= 0.6 is 0 Å². The van der Waals surface area contributed by atoms with E-state index in [2.05, 4.69) is 15.7 Å². The number of aromatic nitrogens is 2. The molecule has 0 aliphatic carbocycles. The molecule has 4 N–H and O–H groups in total. The Bertz CT molecular complexity index is 604. The van der Waals surface area contributed by atoms with Crippen LogP contribution < -0.4 is 16.4 Å². The fraction of sp³-hybridized carbons (Fsp3) is 0.333. The summed E-state index contributed by atoms with van der Waals surface area (Å²) in [6.07, 6.45) is 2.94. The molecule has 0 unspecified atom stereocenters. The third-order valence-corrected chi connectivity index (χ3v) is 3.71. The summed E-state index contributed by atoms with van der Waals surface area (Å²) in [6.45, 7) is 1.92. The minimum Gasteiger partial charge on any atom is -0.316 e. The summed E-state index contributed by atoms with van der Waals surface area (Å²) in [6, 6.07) is 10.8. The molecule has 1 fully saturated rings. The van der Waals surface area contributed by atoms with Crippen molar-refractivity contribution < 1.29 is 4.79 Å². The first-order chi connectivity index (χ1) is 10.2. The number of nitrogens with zero attached hydrogens (tertiary/aromatic N) is 2. The highest BCUT2D eigenvalue weighted by Crippen LogP contribution is 2.17. The zero-order valence-electron chi connectivity index (χ0n) is 11.7. The normalized spacial score (nSPS) is 19.4. The van der Waals surface area contributed by atoms with Crippen molar-refractivity contribution in [2.75, 3.05) is 18.4 Å². The van der Waals surface area contributed by atoms with Crippen LogP contribution in [0, 0.1) is 0 Å². The van der Waals surface area contributed by atoms with Crippen LogP contribution in [0.1, 0.15) is 24.1 Å². The summed E-state index contributed by atoms with van der Waals surface area (Å²) >= 11 is 0. The number of nitrogens with two attached hydrogens (primary N) is 1. The van der Waals surface area contributed by atoms with E-state index in [9.17, 15) is 4.79 Å². The summed E-state index contributed by atoms with van der Waals surface area (Å²) in [7, 11) is 0. The number of hydrogen-bond acceptors (Lipinski definition) is 4. The predicted octanol–water partition coefficient (Wildman–Crippen LogP) is 1.06. The molecule has 0 spiro atoms. The van der Waals surface area contributed by atoms with E-state index < -0.39 is 6.04 Å². The molecule has 2 atom stereocenters. The Kier molecular flexibility index (Phi) is 3.98. The molecule has 6 heteroatoms. The molecule has 110 valence electrons. The Morgan fingerprint density at radius 1 is 1.38 bits per heavy atom. The van der Waals surface area contributed by atoms with Gasteiger partial charge < -0.3 is 16.4 Å². The van der Waals surface area contributed by atoms with Gasteiger partial charge >= 0.3 is 0 Å².